The zero-order valence-electron chi connectivity index (χ0n) is 46.8. The summed E-state index contributed by atoms with van der Waals surface area (Å²) in [6, 6.07) is -18.3. The lowest BCUT2D eigenvalue weighted by Gasteiger charge is -2.33. The molecule has 2 aromatic rings. The van der Waals surface area contributed by atoms with Crippen molar-refractivity contribution in [2.45, 2.75) is 137 Å². The van der Waals surface area contributed by atoms with Crippen molar-refractivity contribution in [3.63, 3.8) is 0 Å². The van der Waals surface area contributed by atoms with Crippen molar-refractivity contribution in [1.29, 1.82) is 0 Å². The van der Waals surface area contributed by atoms with Crippen LogP contribution in [0.15, 0.2) is 25.0 Å². The van der Waals surface area contributed by atoms with Crippen LogP contribution in [0.25, 0.3) is 0 Å². The van der Waals surface area contributed by atoms with Gasteiger partial charge in [0.25, 0.3) is 0 Å². The van der Waals surface area contributed by atoms with Crippen LogP contribution in [0.4, 0.5) is 0 Å². The van der Waals surface area contributed by atoms with Gasteiger partial charge in [-0.3, -0.25) is 67.1 Å². The highest BCUT2D eigenvalue weighted by atomic mass is 33.1. The van der Waals surface area contributed by atoms with Crippen LogP contribution in [0.5, 0.6) is 0 Å². The molecule has 0 unspecified atom stereocenters. The van der Waals surface area contributed by atoms with Crippen LogP contribution >= 0.6 is 43.2 Å². The van der Waals surface area contributed by atoms with E-state index in [0.717, 1.165) is 48.1 Å². The summed E-state index contributed by atoms with van der Waals surface area (Å²) in [5.41, 5.74) is 18.2. The van der Waals surface area contributed by atoms with Gasteiger partial charge in [0.1, 0.15) is 66.5 Å². The Labute approximate surface area is 512 Å². The van der Waals surface area contributed by atoms with E-state index < -0.39 is 181 Å². The molecule has 4 aliphatic heterocycles. The van der Waals surface area contributed by atoms with Crippen molar-refractivity contribution in [1.82, 2.24) is 77.6 Å². The molecule has 0 aromatic carbocycles. The lowest BCUT2D eigenvalue weighted by molar-refractivity contribution is -0.148. The van der Waals surface area contributed by atoms with Crippen LogP contribution in [0, 0.1) is 0 Å². The van der Waals surface area contributed by atoms with Gasteiger partial charge in [0.2, 0.25) is 76.8 Å². The van der Waals surface area contributed by atoms with Gasteiger partial charge in [-0.05, 0) is 39.0 Å². The normalized spacial score (nSPS) is 28.9. The number of aliphatic hydroxyl groups is 1. The Morgan fingerprint density at radius 3 is 1.61 bits per heavy atom. The molecule has 0 radical (unpaired) electrons. The SMILES string of the molecule is C[C@@H]1NC(=O)[C@@H]2CSSC[C@H](N)C(=O)N[C@@H](CSSC[C@@H](C(N)=O)NC(=O)[C@H](Cc3cnc[nH]3)NC(=O)[C@H](CCC(=O)O)NC(=O)[C@H](Cc3cnc[nH]3)NC1=O)C(=O)N[C@@H](CO)C(=O)N[C@@H](CC(N)=O)C(=O)N1CCC[C@H]1C(=O)N1CCC[C@H]1C(=O)N2. The molecule has 6 rings (SSSR count). The Kier molecular flexibility index (Phi) is 25.9. The molecule has 34 nitrogen and oxygen atoms in total. The molecule has 12 atom stereocenters. The van der Waals surface area contributed by atoms with E-state index in [4.69, 9.17) is 17.2 Å². The van der Waals surface area contributed by atoms with E-state index in [1.165, 1.54) is 36.9 Å². The fourth-order valence-corrected chi connectivity index (χ4v) is 14.1. The first kappa shape index (κ1) is 68.4. The van der Waals surface area contributed by atoms with Crippen molar-refractivity contribution in [3.05, 3.63) is 36.4 Å². The predicted octanol–water partition coefficient (Wildman–Crippen LogP) is -7.38. The Morgan fingerprint density at radius 1 is 0.563 bits per heavy atom. The van der Waals surface area contributed by atoms with Crippen molar-refractivity contribution >= 4 is 126 Å². The number of carboxylic acid groups (broad SMARTS) is 1. The largest absolute Gasteiger partial charge is 0.481 e. The van der Waals surface area contributed by atoms with E-state index in [2.05, 4.69) is 67.8 Å². The number of nitrogens with one attached hydrogen (secondary N) is 11. The Bertz CT molecular complexity index is 2860. The van der Waals surface area contributed by atoms with Crippen LogP contribution < -0.4 is 65.1 Å². The van der Waals surface area contributed by atoms with Crippen LogP contribution in [0.3, 0.4) is 0 Å². The maximum atomic E-state index is 14.5. The summed E-state index contributed by atoms with van der Waals surface area (Å²) < 4.78 is 0. The van der Waals surface area contributed by atoms with Crippen LogP contribution in [-0.4, -0.2) is 238 Å². The molecule has 38 heteroatoms. The van der Waals surface area contributed by atoms with Crippen molar-refractivity contribution < 1.29 is 77.3 Å². The summed E-state index contributed by atoms with van der Waals surface area (Å²) in [7, 11) is 3.64. The quantitative estimate of drug-likeness (QED) is 0.0930. The molecule has 0 spiro atoms. The summed E-state index contributed by atoms with van der Waals surface area (Å²) >= 11 is 0. The molecule has 87 heavy (non-hydrogen) atoms. The second-order valence-electron chi connectivity index (χ2n) is 20.6. The number of fused-ring (bicyclic) bond motifs is 10. The number of carbonyl (C=O) groups is 14. The maximum Gasteiger partial charge on any atom is 0.303 e. The Balaban J connectivity index is 1.40. The highest BCUT2D eigenvalue weighted by Crippen LogP contribution is 2.28. The molecular weight excluding hydrogens is 1220 g/mol. The number of aliphatic hydroxyl groups excluding tert-OH is 1. The number of hydrogen-bond donors (Lipinski definition) is 16. The van der Waals surface area contributed by atoms with Crippen LogP contribution in [0.2, 0.25) is 0 Å². The molecule has 2 bridgehead atoms. The maximum absolute atomic E-state index is 14.5. The van der Waals surface area contributed by atoms with E-state index >= 15 is 0 Å². The standard InChI is InChI=1S/C49H70N18O16S4/c1-22-39(73)59-27(10-23-13-53-20-55-23)42(76)58-26(6-7-37(70)71)41(75)60-28(11-24-14-54-21-56-24)43(77)63-31(38(52)72)17-85-87-19-33-46(80)62-30(15-68)44(78)61-29(12-36(51)69)48(82)67-9-3-5-35(67)49(83)66-8-2-4-34(66)47(81)65-32(45(79)57-22)18-86-84-16-25(50)40(74)64-33/h13-14,20-22,25-35,68H,2-12,15-19,50H2,1H3,(H2,51,69)(H2,52,72)(H,53,55)(H,54,56)(H,57,79)(H,58,76)(H,59,73)(H,60,75)(H,61,78)(H,62,80)(H,63,77)(H,64,74)(H,65,81)(H,70,71)/t22-,25-,26-,27-,28-,29-,30-,31-,32-,33-,34-,35-/m0/s1. The lowest BCUT2D eigenvalue weighted by atomic mass is 10.1. The third-order valence-electron chi connectivity index (χ3n) is 14.1. The minimum absolute atomic E-state index is 0.0365. The molecule has 2 aromatic heterocycles. The molecule has 6 heterocycles. The first-order valence-electron chi connectivity index (χ1n) is 27.4. The van der Waals surface area contributed by atoms with Crippen molar-refractivity contribution in [3.8, 4) is 0 Å². The minimum atomic E-state index is -1.84. The number of rotatable bonds is 11. The number of imidazole rings is 2. The Hall–Kier alpha value is -7.68. The third kappa shape index (κ3) is 19.9. The number of primary amides is 2. The number of hydrogen-bond acceptors (Lipinski definition) is 22. The van der Waals surface area contributed by atoms with Crippen molar-refractivity contribution in [2.24, 2.45) is 17.2 Å². The molecule has 4 aliphatic rings. The average Bonchev–Trinajstić information content (AvgIpc) is 2.66. The van der Waals surface area contributed by atoms with Crippen molar-refractivity contribution in [2.75, 3.05) is 42.7 Å². The number of carbonyl (C=O) groups excluding carboxylic acids is 13. The van der Waals surface area contributed by atoms with E-state index in [1.54, 1.807) is 0 Å². The average molecular weight is 1300 g/mol. The molecular formula is C49H70N18O16S4. The van der Waals surface area contributed by atoms with Gasteiger partial charge in [0.15, 0.2) is 0 Å². The summed E-state index contributed by atoms with van der Waals surface area (Å²) in [5, 5.41) is 42.4. The number of carboxylic acids is 1. The lowest BCUT2D eigenvalue weighted by Crippen LogP contribution is -2.61. The van der Waals surface area contributed by atoms with Gasteiger partial charge < -0.3 is 95.0 Å². The van der Waals surface area contributed by atoms with E-state index in [1.807, 2.05) is 0 Å². The van der Waals surface area contributed by atoms with E-state index in [-0.39, 0.29) is 73.9 Å². The van der Waals surface area contributed by atoms with Crippen LogP contribution in [0.1, 0.15) is 63.3 Å². The minimum Gasteiger partial charge on any atom is -0.481 e. The first-order valence-corrected chi connectivity index (χ1v) is 32.4. The van der Waals surface area contributed by atoms with Gasteiger partial charge in [-0.25, -0.2) is 9.97 Å². The number of amides is 13. The number of H-pyrrole nitrogens is 2. The molecule has 4 saturated heterocycles. The summed E-state index contributed by atoms with van der Waals surface area (Å²) in [6.07, 6.45) is 3.36. The molecule has 0 aliphatic carbocycles. The van der Waals surface area contributed by atoms with E-state index in [0.29, 0.717) is 12.1 Å². The van der Waals surface area contributed by atoms with Gasteiger partial charge in [-0.1, -0.05) is 43.2 Å². The highest BCUT2D eigenvalue weighted by molar-refractivity contribution is 8.77. The first-order chi connectivity index (χ1) is 41.4. The van der Waals surface area contributed by atoms with Crippen LogP contribution in [-0.2, 0) is 80.0 Å². The van der Waals surface area contributed by atoms with Gasteiger partial charge in [0.05, 0.1) is 31.7 Å². The number of aliphatic carboxylic acids is 1. The van der Waals surface area contributed by atoms with Gasteiger partial charge in [-0.15, -0.1) is 0 Å². The zero-order chi connectivity index (χ0) is 63.5. The Morgan fingerprint density at radius 2 is 1.05 bits per heavy atom. The molecule has 4 fully saturated rings. The number of nitrogens with two attached hydrogens (primary N) is 3. The number of aromatic amines is 2. The second-order valence-corrected chi connectivity index (χ2v) is 25.7. The monoisotopic (exact) mass is 1290 g/mol. The second kappa shape index (κ2) is 32.9. The topological polar surface area (TPSA) is 530 Å². The van der Waals surface area contributed by atoms with Gasteiger partial charge >= 0.3 is 5.97 Å². The summed E-state index contributed by atoms with van der Waals surface area (Å²) in [4.78, 5) is 209. The molecule has 0 saturated carbocycles. The predicted molar refractivity (Wildman–Crippen MR) is 312 cm³/mol. The fourth-order valence-electron chi connectivity index (χ4n) is 9.46. The highest BCUT2D eigenvalue weighted by Gasteiger charge is 2.45. The molecule has 476 valence electrons. The summed E-state index contributed by atoms with van der Waals surface area (Å²) in [5.74, 6) is -15.3. The molecule has 19 N–H and O–H groups in total. The fraction of sp³-hybridized carbons (Fsp3) is 0.592. The third-order valence-corrected chi connectivity index (χ3v) is 19.0. The zero-order valence-corrected chi connectivity index (χ0v) is 50.1. The van der Waals surface area contributed by atoms with E-state index in [9.17, 15) is 77.3 Å². The smallest absolute Gasteiger partial charge is 0.303 e. The summed E-state index contributed by atoms with van der Waals surface area (Å²) in [6.45, 7) is 0.173. The molecule has 13 amide bonds. The number of aromatic nitrogens is 4. The van der Waals surface area contributed by atoms with Gasteiger partial charge in [0, 0.05) is 79.1 Å². The number of nitrogens with zero attached hydrogens (tertiary/aromatic N) is 4. The van der Waals surface area contributed by atoms with Gasteiger partial charge in [-0.2, -0.15) is 0 Å².